The molecular formula is C12H24N2O2S. The number of rotatable bonds is 3. The minimum absolute atomic E-state index is 0.232. The molecule has 1 aliphatic heterocycles. The van der Waals surface area contributed by atoms with Crippen molar-refractivity contribution in [2.45, 2.75) is 57.4 Å². The first-order chi connectivity index (χ1) is 8.12. The van der Waals surface area contributed by atoms with Gasteiger partial charge in [-0.05, 0) is 25.7 Å². The third kappa shape index (κ3) is 3.01. The van der Waals surface area contributed by atoms with Gasteiger partial charge in [-0.3, -0.25) is 0 Å². The van der Waals surface area contributed by atoms with E-state index in [-0.39, 0.29) is 6.04 Å². The van der Waals surface area contributed by atoms with Crippen molar-refractivity contribution in [3.05, 3.63) is 0 Å². The third-order valence-electron chi connectivity index (χ3n) is 4.09. The van der Waals surface area contributed by atoms with Crippen LogP contribution in [0.15, 0.2) is 0 Å². The lowest BCUT2D eigenvalue weighted by atomic mass is 9.96. The van der Waals surface area contributed by atoms with Crippen LogP contribution in [-0.4, -0.2) is 43.2 Å². The molecule has 1 aliphatic carbocycles. The van der Waals surface area contributed by atoms with E-state index in [1.165, 1.54) is 25.7 Å². The first-order valence-electron chi connectivity index (χ1n) is 6.85. The van der Waals surface area contributed by atoms with E-state index in [9.17, 15) is 8.42 Å². The minimum Gasteiger partial charge on any atom is -0.195 e. The summed E-state index contributed by atoms with van der Waals surface area (Å²) in [6.07, 6.45) is 8.85. The zero-order valence-corrected chi connectivity index (χ0v) is 11.6. The Bertz CT molecular complexity index is 330. The van der Waals surface area contributed by atoms with Gasteiger partial charge in [-0.15, -0.1) is 0 Å². The number of hydrogen-bond donors (Lipinski definition) is 0. The molecule has 0 unspecified atom stereocenters. The molecule has 17 heavy (non-hydrogen) atoms. The molecule has 2 rings (SSSR count). The number of nitrogens with zero attached hydrogens (tertiary/aromatic N) is 2. The molecule has 1 heterocycles. The molecule has 2 fully saturated rings. The zero-order chi connectivity index (χ0) is 12.3. The smallest absolute Gasteiger partial charge is 0.195 e. The van der Waals surface area contributed by atoms with Crippen LogP contribution in [0.1, 0.15) is 51.4 Å². The summed E-state index contributed by atoms with van der Waals surface area (Å²) in [6.45, 7) is 1.42. The van der Waals surface area contributed by atoms with E-state index in [2.05, 4.69) is 0 Å². The predicted molar refractivity (Wildman–Crippen MR) is 69.0 cm³/mol. The fourth-order valence-electron chi connectivity index (χ4n) is 2.91. The maximum Gasteiger partial charge on any atom is 0.281 e. The van der Waals surface area contributed by atoms with Crippen LogP contribution >= 0.6 is 0 Å². The summed E-state index contributed by atoms with van der Waals surface area (Å²) in [4.78, 5) is 0. The van der Waals surface area contributed by atoms with E-state index in [1.807, 2.05) is 0 Å². The molecule has 0 N–H and O–H groups in total. The Balaban J connectivity index is 2.02. The molecule has 0 spiro atoms. The van der Waals surface area contributed by atoms with Crippen molar-refractivity contribution in [3.63, 3.8) is 0 Å². The summed E-state index contributed by atoms with van der Waals surface area (Å²) in [5, 5.41) is 0. The first-order valence-corrected chi connectivity index (χ1v) is 8.25. The van der Waals surface area contributed by atoms with Crippen molar-refractivity contribution in [1.29, 1.82) is 0 Å². The second kappa shape index (κ2) is 5.67. The van der Waals surface area contributed by atoms with Gasteiger partial charge in [-0.25, -0.2) is 0 Å². The second-order valence-corrected chi connectivity index (χ2v) is 7.26. The Hall–Kier alpha value is -0.130. The van der Waals surface area contributed by atoms with Crippen LogP contribution in [0.2, 0.25) is 0 Å². The molecule has 5 heteroatoms. The van der Waals surface area contributed by atoms with Gasteiger partial charge in [-0.2, -0.15) is 17.0 Å². The third-order valence-corrected chi connectivity index (χ3v) is 6.14. The maximum absolute atomic E-state index is 12.4. The van der Waals surface area contributed by atoms with Gasteiger partial charge in [0.2, 0.25) is 0 Å². The summed E-state index contributed by atoms with van der Waals surface area (Å²) >= 11 is 0. The monoisotopic (exact) mass is 260 g/mol. The van der Waals surface area contributed by atoms with E-state index in [4.69, 9.17) is 0 Å². The molecule has 4 nitrogen and oxygen atoms in total. The summed E-state index contributed by atoms with van der Waals surface area (Å²) < 4.78 is 28.2. The summed E-state index contributed by atoms with van der Waals surface area (Å²) in [6, 6.07) is 0.232. The summed E-state index contributed by atoms with van der Waals surface area (Å²) in [7, 11) is -1.43. The Morgan fingerprint density at radius 2 is 1.47 bits per heavy atom. The van der Waals surface area contributed by atoms with Crippen LogP contribution in [0.4, 0.5) is 0 Å². The van der Waals surface area contributed by atoms with Crippen LogP contribution in [0.25, 0.3) is 0 Å². The highest BCUT2D eigenvalue weighted by atomic mass is 32.2. The van der Waals surface area contributed by atoms with Gasteiger partial charge in [0.25, 0.3) is 10.2 Å². The normalized spacial score (nSPS) is 25.3. The van der Waals surface area contributed by atoms with Crippen LogP contribution in [-0.2, 0) is 10.2 Å². The average molecular weight is 260 g/mol. The van der Waals surface area contributed by atoms with E-state index in [1.54, 1.807) is 15.7 Å². The Labute approximate surface area is 105 Å². The lowest BCUT2D eigenvalue weighted by Gasteiger charge is -2.35. The van der Waals surface area contributed by atoms with Crippen molar-refractivity contribution >= 4 is 10.2 Å². The van der Waals surface area contributed by atoms with E-state index in [0.29, 0.717) is 13.1 Å². The van der Waals surface area contributed by atoms with Gasteiger partial charge in [0.1, 0.15) is 0 Å². The van der Waals surface area contributed by atoms with Crippen molar-refractivity contribution in [1.82, 2.24) is 8.61 Å². The molecular weight excluding hydrogens is 236 g/mol. The molecule has 0 bridgehead atoms. The molecule has 0 aromatic carbocycles. The van der Waals surface area contributed by atoms with Crippen molar-refractivity contribution in [3.8, 4) is 0 Å². The predicted octanol–water partition coefficient (Wildman–Crippen LogP) is 1.98. The Morgan fingerprint density at radius 1 is 0.941 bits per heavy atom. The lowest BCUT2D eigenvalue weighted by molar-refractivity contribution is 0.252. The molecule has 0 radical (unpaired) electrons. The molecule has 1 saturated carbocycles. The second-order valence-electron chi connectivity index (χ2n) is 5.28. The van der Waals surface area contributed by atoms with Gasteiger partial charge < -0.3 is 0 Å². The highest BCUT2D eigenvalue weighted by molar-refractivity contribution is 7.86. The quantitative estimate of drug-likeness (QED) is 0.778. The highest BCUT2D eigenvalue weighted by Crippen LogP contribution is 2.25. The van der Waals surface area contributed by atoms with Crippen LogP contribution in [0.5, 0.6) is 0 Å². The van der Waals surface area contributed by atoms with Crippen molar-refractivity contribution < 1.29 is 8.42 Å². The Morgan fingerprint density at radius 3 is 2.06 bits per heavy atom. The average Bonchev–Trinajstić information content (AvgIpc) is 2.40. The summed E-state index contributed by atoms with van der Waals surface area (Å²) in [5.74, 6) is 0. The van der Waals surface area contributed by atoms with Crippen molar-refractivity contribution in [2.24, 2.45) is 0 Å². The highest BCUT2D eigenvalue weighted by Gasteiger charge is 2.33. The van der Waals surface area contributed by atoms with E-state index in [0.717, 1.165) is 25.7 Å². The van der Waals surface area contributed by atoms with Crippen molar-refractivity contribution in [2.75, 3.05) is 20.1 Å². The van der Waals surface area contributed by atoms with Gasteiger partial charge in [0, 0.05) is 26.2 Å². The van der Waals surface area contributed by atoms with Gasteiger partial charge >= 0.3 is 0 Å². The number of piperidine rings is 1. The molecule has 0 amide bonds. The summed E-state index contributed by atoms with van der Waals surface area (Å²) in [5.41, 5.74) is 0. The zero-order valence-electron chi connectivity index (χ0n) is 10.8. The fourth-order valence-corrected chi connectivity index (χ4v) is 4.58. The largest absolute Gasteiger partial charge is 0.281 e. The minimum atomic E-state index is -3.20. The van der Waals surface area contributed by atoms with Crippen LogP contribution < -0.4 is 0 Å². The molecule has 0 atom stereocenters. The van der Waals surface area contributed by atoms with Gasteiger partial charge in [-0.1, -0.05) is 25.7 Å². The molecule has 100 valence electrons. The fraction of sp³-hybridized carbons (Fsp3) is 1.00. The van der Waals surface area contributed by atoms with E-state index < -0.39 is 10.2 Å². The van der Waals surface area contributed by atoms with E-state index >= 15 is 0 Å². The van der Waals surface area contributed by atoms with Gasteiger partial charge in [0.05, 0.1) is 0 Å². The van der Waals surface area contributed by atoms with Gasteiger partial charge in [0.15, 0.2) is 0 Å². The Kier molecular flexibility index (Phi) is 4.44. The van der Waals surface area contributed by atoms with Crippen LogP contribution in [0, 0.1) is 0 Å². The molecule has 2 aliphatic rings. The number of hydrogen-bond acceptors (Lipinski definition) is 2. The molecule has 0 aromatic rings. The van der Waals surface area contributed by atoms with Crippen LogP contribution in [0.3, 0.4) is 0 Å². The molecule has 0 aromatic heterocycles. The lowest BCUT2D eigenvalue weighted by Crippen LogP contribution is -2.48. The maximum atomic E-state index is 12.4. The topological polar surface area (TPSA) is 40.6 Å². The first kappa shape index (κ1) is 13.3. The SMILES string of the molecule is CN(C1CCCCC1)S(=O)(=O)N1CCCCC1. The standard InChI is InChI=1S/C12H24N2O2S/c1-13(12-8-4-2-5-9-12)17(15,16)14-10-6-3-7-11-14/h12H,2-11H2,1H3. The molecule has 1 saturated heterocycles.